The van der Waals surface area contributed by atoms with Crippen LogP contribution in [0.1, 0.15) is 85.5 Å². The Morgan fingerprint density at radius 1 is 1.18 bits per heavy atom. The molecule has 274 valence electrons. The van der Waals surface area contributed by atoms with Crippen LogP contribution in [0.15, 0.2) is 23.2 Å². The molecule has 1 aliphatic heterocycles. The summed E-state index contributed by atoms with van der Waals surface area (Å²) < 4.78 is 44.9. The first-order valence-corrected chi connectivity index (χ1v) is 18.5. The lowest BCUT2D eigenvalue weighted by atomic mass is 9.85. The average Bonchev–Trinajstić information content (AvgIpc) is 3.91. The summed E-state index contributed by atoms with van der Waals surface area (Å²) in [5.74, 6) is -2.27. The first-order chi connectivity index (χ1) is 23.2. The van der Waals surface area contributed by atoms with Crippen molar-refractivity contribution in [2.24, 2.45) is 11.3 Å². The van der Waals surface area contributed by atoms with Crippen LogP contribution in [-0.4, -0.2) is 88.4 Å². The van der Waals surface area contributed by atoms with Gasteiger partial charge in [-0.1, -0.05) is 38.9 Å². The Morgan fingerprint density at radius 3 is 2.42 bits per heavy atom. The summed E-state index contributed by atoms with van der Waals surface area (Å²) in [5, 5.41) is 8.85. The van der Waals surface area contributed by atoms with Crippen LogP contribution in [0.3, 0.4) is 0 Å². The third-order valence-electron chi connectivity index (χ3n) is 9.14. The largest absolute Gasteiger partial charge is 0.484 e. The van der Waals surface area contributed by atoms with Crippen LogP contribution in [0, 0.1) is 18.3 Å². The number of carbonyl (C=O) groups excluding carboxylic acids is 4. The van der Waals surface area contributed by atoms with Crippen molar-refractivity contribution in [2.75, 3.05) is 6.54 Å². The monoisotopic (exact) mass is 716 g/mol. The number of carbonyl (C=O) groups is 4. The van der Waals surface area contributed by atoms with E-state index < -0.39 is 79.7 Å². The van der Waals surface area contributed by atoms with Crippen molar-refractivity contribution < 1.29 is 41.6 Å². The molecule has 3 N–H and O–H groups in total. The molecule has 3 heterocycles. The summed E-state index contributed by atoms with van der Waals surface area (Å²) in [5.41, 5.74) is -1.04. The van der Waals surface area contributed by atoms with Gasteiger partial charge in [0, 0.05) is 24.1 Å². The highest BCUT2D eigenvalue weighted by atomic mass is 32.2. The third kappa shape index (κ3) is 7.74. The Hall–Kier alpha value is -4.21. The van der Waals surface area contributed by atoms with E-state index in [0.29, 0.717) is 41.8 Å². The molecule has 0 bridgehead atoms. The number of hydrogen-bond donors (Lipinski definition) is 3. The number of fused-ring (bicyclic) bond motifs is 1. The number of ether oxygens (including phenoxy) is 2. The Bertz CT molecular complexity index is 1810. The van der Waals surface area contributed by atoms with Gasteiger partial charge in [-0.3, -0.25) is 19.1 Å². The number of rotatable bonds is 11. The van der Waals surface area contributed by atoms with Gasteiger partial charge in [-0.05, 0) is 58.8 Å². The number of nitrogens with one attached hydrogen (secondary N) is 3. The van der Waals surface area contributed by atoms with Crippen LogP contribution in [0.25, 0.3) is 11.1 Å². The quantitative estimate of drug-likeness (QED) is 0.289. The Kier molecular flexibility index (Phi) is 9.75. The maximum atomic E-state index is 14.4. The number of aryl methyl sites for hydroxylation is 2. The highest BCUT2D eigenvalue weighted by Gasteiger charge is 2.62. The van der Waals surface area contributed by atoms with E-state index in [1.54, 1.807) is 54.5 Å². The summed E-state index contributed by atoms with van der Waals surface area (Å²) >= 11 is 0. The number of alkyl carbamates (subject to hydrolysis) is 1. The number of hydrogen-bond acceptors (Lipinski definition) is 11. The maximum absolute atomic E-state index is 14.4. The topological polar surface area (TPSA) is 199 Å². The van der Waals surface area contributed by atoms with Gasteiger partial charge in [0.1, 0.15) is 40.5 Å². The number of sulfonamides is 1. The van der Waals surface area contributed by atoms with E-state index in [2.05, 4.69) is 32.1 Å². The molecule has 15 nitrogen and oxygen atoms in total. The molecule has 5 atom stereocenters. The van der Waals surface area contributed by atoms with Crippen molar-refractivity contribution >= 4 is 44.9 Å². The van der Waals surface area contributed by atoms with E-state index in [1.165, 1.54) is 11.0 Å². The van der Waals surface area contributed by atoms with Crippen LogP contribution >= 0.6 is 0 Å². The SMILES string of the molecule is C=CC1CC1(NC(=O)[C@@H]1C[C@@H](Oc2cc(CC)nc3c(C)noc23)CN1C(=O)[C@@H](NC(=O)OC(C)(C)C)C(C)(C)C)C(=O)NS(=O)(=O)C1CC1. The molecule has 2 aromatic rings. The molecule has 2 aliphatic carbocycles. The van der Waals surface area contributed by atoms with E-state index >= 15 is 0 Å². The molecule has 2 unspecified atom stereocenters. The van der Waals surface area contributed by atoms with Crippen molar-refractivity contribution in [1.82, 2.24) is 30.4 Å². The fourth-order valence-electron chi connectivity index (χ4n) is 6.13. The number of nitrogens with zero attached hydrogens (tertiary/aromatic N) is 3. The molecule has 50 heavy (non-hydrogen) atoms. The van der Waals surface area contributed by atoms with Gasteiger partial charge in [0.15, 0.2) is 5.75 Å². The summed E-state index contributed by atoms with van der Waals surface area (Å²) in [6, 6.07) is -0.550. The van der Waals surface area contributed by atoms with E-state index in [4.69, 9.17) is 14.0 Å². The van der Waals surface area contributed by atoms with Crippen LogP contribution in [-0.2, 0) is 35.6 Å². The van der Waals surface area contributed by atoms with Gasteiger partial charge in [0.2, 0.25) is 27.4 Å². The van der Waals surface area contributed by atoms with Gasteiger partial charge >= 0.3 is 6.09 Å². The summed E-state index contributed by atoms with van der Waals surface area (Å²) in [6.07, 6.45) is 1.62. The fourth-order valence-corrected chi connectivity index (χ4v) is 7.50. The van der Waals surface area contributed by atoms with Gasteiger partial charge in [0.25, 0.3) is 5.91 Å². The van der Waals surface area contributed by atoms with Crippen molar-refractivity contribution in [3.8, 4) is 5.75 Å². The predicted octanol–water partition coefficient (Wildman–Crippen LogP) is 3.05. The van der Waals surface area contributed by atoms with Crippen molar-refractivity contribution in [3.63, 3.8) is 0 Å². The lowest BCUT2D eigenvalue weighted by molar-refractivity contribution is -0.143. The standard InChI is InChI=1S/C34H48N6O9S/c1-10-19-16-34(19,30(43)39-50(45,46)22-12-13-22)37-28(41)23-15-21(47-24-14-20(11-2)35-25-18(3)38-49-26(24)25)17-40(23)29(42)27(32(4,5)6)36-31(44)48-33(7,8)9/h10,14,19,21-23,27H,1,11-13,15-17H2,2-9H3,(H,36,44)(H,37,41)(H,39,43)/t19?,21-,23+,27-,34?/m1/s1. The van der Waals surface area contributed by atoms with E-state index in [0.717, 1.165) is 5.69 Å². The number of likely N-dealkylation sites (tertiary alicyclic amines) is 1. The smallest absolute Gasteiger partial charge is 0.408 e. The lowest BCUT2D eigenvalue weighted by Gasteiger charge is -2.36. The lowest BCUT2D eigenvalue weighted by Crippen LogP contribution is -2.60. The zero-order valence-corrected chi connectivity index (χ0v) is 30.7. The number of pyridine rings is 1. The van der Waals surface area contributed by atoms with Crippen LogP contribution < -0.4 is 20.1 Å². The maximum Gasteiger partial charge on any atom is 0.408 e. The summed E-state index contributed by atoms with van der Waals surface area (Å²) in [6.45, 7) is 17.8. The molecule has 4 amide bonds. The Morgan fingerprint density at radius 2 is 1.86 bits per heavy atom. The van der Waals surface area contributed by atoms with E-state index in [-0.39, 0.29) is 19.4 Å². The molecule has 0 aromatic carbocycles. The Balaban J connectivity index is 1.46. The van der Waals surface area contributed by atoms with Gasteiger partial charge in [-0.25, -0.2) is 18.2 Å². The molecule has 5 rings (SSSR count). The molecular weight excluding hydrogens is 668 g/mol. The van der Waals surface area contributed by atoms with E-state index in [9.17, 15) is 27.6 Å². The van der Waals surface area contributed by atoms with Crippen LogP contribution in [0.2, 0.25) is 0 Å². The highest BCUT2D eigenvalue weighted by Crippen LogP contribution is 2.45. The van der Waals surface area contributed by atoms with Crippen LogP contribution in [0.4, 0.5) is 4.79 Å². The number of amides is 4. The fraction of sp³-hybridized carbons (Fsp3) is 0.647. The minimum Gasteiger partial charge on any atom is -0.484 e. The first kappa shape index (κ1) is 37.1. The molecule has 2 aromatic heterocycles. The van der Waals surface area contributed by atoms with Gasteiger partial charge in [-0.2, -0.15) is 0 Å². The van der Waals surface area contributed by atoms with Crippen molar-refractivity contribution in [3.05, 3.63) is 30.1 Å². The van der Waals surface area contributed by atoms with Gasteiger partial charge in [-0.15, -0.1) is 6.58 Å². The molecule has 3 fully saturated rings. The molecule has 0 spiro atoms. The first-order valence-electron chi connectivity index (χ1n) is 16.9. The second-order valence-electron chi connectivity index (χ2n) is 15.5. The minimum atomic E-state index is -3.90. The van der Waals surface area contributed by atoms with Crippen molar-refractivity contribution in [2.45, 2.75) is 122 Å². The van der Waals surface area contributed by atoms with Gasteiger partial charge in [0.05, 0.1) is 11.8 Å². The molecule has 3 aliphatic rings. The zero-order valence-electron chi connectivity index (χ0n) is 29.9. The highest BCUT2D eigenvalue weighted by molar-refractivity contribution is 7.91. The number of aromatic nitrogens is 2. The molecule has 2 saturated carbocycles. The van der Waals surface area contributed by atoms with Gasteiger partial charge < -0.3 is 29.5 Å². The Labute approximate surface area is 292 Å². The summed E-state index contributed by atoms with van der Waals surface area (Å²) in [4.78, 5) is 60.9. The minimum absolute atomic E-state index is 0.0100. The second-order valence-corrected chi connectivity index (χ2v) is 17.5. The molecular formula is C34H48N6O9S. The third-order valence-corrected chi connectivity index (χ3v) is 11.0. The van der Waals surface area contributed by atoms with Crippen molar-refractivity contribution in [1.29, 1.82) is 0 Å². The molecule has 0 radical (unpaired) electrons. The summed E-state index contributed by atoms with van der Waals surface area (Å²) in [7, 11) is -3.90. The van der Waals surface area contributed by atoms with Crippen LogP contribution in [0.5, 0.6) is 5.75 Å². The second kappa shape index (κ2) is 13.2. The zero-order chi connectivity index (χ0) is 37.0. The normalized spacial score (nSPS) is 24.3. The predicted molar refractivity (Wildman–Crippen MR) is 182 cm³/mol. The average molecular weight is 717 g/mol. The van der Waals surface area contributed by atoms with E-state index in [1.807, 2.05) is 6.92 Å². The molecule has 16 heteroatoms. The molecule has 1 saturated heterocycles.